The van der Waals surface area contributed by atoms with E-state index in [1.807, 2.05) is 19.1 Å². The fourth-order valence-electron chi connectivity index (χ4n) is 1.16. The highest BCUT2D eigenvalue weighted by atomic mass is 35.5. The van der Waals surface area contributed by atoms with E-state index in [4.69, 9.17) is 16.3 Å². The third-order valence-electron chi connectivity index (χ3n) is 1.95. The number of halogens is 1. The Bertz CT molecular complexity index is 444. The molecule has 0 spiro atoms. The van der Waals surface area contributed by atoms with Gasteiger partial charge in [-0.3, -0.25) is 0 Å². The van der Waals surface area contributed by atoms with Gasteiger partial charge >= 0.3 is 0 Å². The van der Waals surface area contributed by atoms with Gasteiger partial charge in [0.2, 0.25) is 10.0 Å². The van der Waals surface area contributed by atoms with Crippen LogP contribution >= 0.6 is 11.6 Å². The second kappa shape index (κ2) is 6.35. The summed E-state index contributed by atoms with van der Waals surface area (Å²) in [5, 5.41) is 0.655. The van der Waals surface area contributed by atoms with Crippen LogP contribution in [0.5, 0.6) is 0 Å². The van der Waals surface area contributed by atoms with Gasteiger partial charge in [0.05, 0.1) is 12.9 Å². The summed E-state index contributed by atoms with van der Waals surface area (Å²) in [6.45, 7) is 2.12. The van der Waals surface area contributed by atoms with Gasteiger partial charge in [-0.2, -0.15) is 4.72 Å². The molecule has 0 fully saturated rings. The van der Waals surface area contributed by atoms with E-state index < -0.39 is 10.0 Å². The highest BCUT2D eigenvalue weighted by Gasteiger charge is 2.13. The first-order valence-corrected chi connectivity index (χ1v) is 7.38. The predicted octanol–water partition coefficient (Wildman–Crippen LogP) is 2.31. The number of hydrogen-bond donors (Lipinski definition) is 1. The van der Waals surface area contributed by atoms with Crippen LogP contribution in [-0.2, 0) is 21.4 Å². The molecule has 1 radical (unpaired) electrons. The molecule has 0 atom stereocenters. The van der Waals surface area contributed by atoms with Crippen LogP contribution in [0.3, 0.4) is 0 Å². The minimum Gasteiger partial charge on any atom is -0.350 e. The zero-order valence-electron chi connectivity index (χ0n) is 9.73. The smallest absolute Gasteiger partial charge is 0.211 e. The number of nitrogens with one attached hydrogen (secondary N) is 1. The molecule has 1 rings (SSSR count). The van der Waals surface area contributed by atoms with Crippen LogP contribution in [0.4, 0.5) is 0 Å². The highest BCUT2D eigenvalue weighted by molar-refractivity contribution is 7.88. The molecular formula is C11H15ClNO3S. The molecule has 0 aliphatic rings. The zero-order chi connectivity index (χ0) is 12.9. The SMILES string of the molecule is CC[C](NS(C)(=O)=O)OCc1ccc(Cl)cc1. The molecule has 0 aliphatic carbocycles. The maximum Gasteiger partial charge on any atom is 0.211 e. The fourth-order valence-corrected chi connectivity index (χ4v) is 1.90. The Labute approximate surface area is 107 Å². The van der Waals surface area contributed by atoms with Crippen LogP contribution in [0.15, 0.2) is 24.3 Å². The van der Waals surface area contributed by atoms with Crippen molar-refractivity contribution in [2.75, 3.05) is 6.26 Å². The molecule has 1 N–H and O–H groups in total. The lowest BCUT2D eigenvalue weighted by molar-refractivity contribution is 0.115. The average Bonchev–Trinajstić information content (AvgIpc) is 2.25. The third-order valence-corrected chi connectivity index (χ3v) is 2.80. The van der Waals surface area contributed by atoms with Gasteiger partial charge in [0.15, 0.2) is 6.23 Å². The molecule has 0 unspecified atom stereocenters. The van der Waals surface area contributed by atoms with E-state index in [-0.39, 0.29) is 0 Å². The van der Waals surface area contributed by atoms with Gasteiger partial charge in [0, 0.05) is 5.02 Å². The Morgan fingerprint density at radius 1 is 1.35 bits per heavy atom. The lowest BCUT2D eigenvalue weighted by Crippen LogP contribution is -2.28. The minimum atomic E-state index is -3.28. The van der Waals surface area contributed by atoms with Crippen LogP contribution in [0, 0.1) is 6.23 Å². The predicted molar refractivity (Wildman–Crippen MR) is 67.8 cm³/mol. The highest BCUT2D eigenvalue weighted by Crippen LogP contribution is 2.13. The van der Waals surface area contributed by atoms with Crippen molar-refractivity contribution in [3.05, 3.63) is 41.1 Å². The van der Waals surface area contributed by atoms with Crippen molar-refractivity contribution in [1.29, 1.82) is 0 Å². The van der Waals surface area contributed by atoms with E-state index >= 15 is 0 Å². The molecule has 0 saturated heterocycles. The Kier molecular flexibility index (Phi) is 5.39. The van der Waals surface area contributed by atoms with Gasteiger partial charge in [-0.05, 0) is 24.1 Å². The lowest BCUT2D eigenvalue weighted by atomic mass is 10.2. The molecule has 0 bridgehead atoms. The minimum absolute atomic E-state index is 0.308. The molecule has 17 heavy (non-hydrogen) atoms. The van der Waals surface area contributed by atoms with Crippen molar-refractivity contribution in [1.82, 2.24) is 4.72 Å². The van der Waals surface area contributed by atoms with Crippen LogP contribution < -0.4 is 4.72 Å². The standard InChI is InChI=1S/C11H15ClNO3S/c1-3-11(13-17(2,14)15)16-8-9-4-6-10(12)7-5-9/h4-7,13H,3,8H2,1-2H3. The van der Waals surface area contributed by atoms with Gasteiger partial charge < -0.3 is 4.74 Å². The molecule has 1 aromatic carbocycles. The second-order valence-electron chi connectivity index (χ2n) is 3.57. The van der Waals surface area contributed by atoms with Crippen LogP contribution in [-0.4, -0.2) is 14.7 Å². The molecule has 1 aromatic rings. The van der Waals surface area contributed by atoms with Gasteiger partial charge in [-0.1, -0.05) is 30.7 Å². The van der Waals surface area contributed by atoms with Crippen LogP contribution in [0.1, 0.15) is 18.9 Å². The summed E-state index contributed by atoms with van der Waals surface area (Å²) in [6.07, 6.45) is 1.91. The van der Waals surface area contributed by atoms with Crippen molar-refractivity contribution in [3.63, 3.8) is 0 Å². The summed E-state index contributed by atoms with van der Waals surface area (Å²) in [5.41, 5.74) is 0.927. The van der Waals surface area contributed by atoms with E-state index in [0.717, 1.165) is 11.8 Å². The summed E-state index contributed by atoms with van der Waals surface area (Å²) in [6, 6.07) is 7.18. The average molecular weight is 277 g/mol. The molecule has 0 aromatic heterocycles. The van der Waals surface area contributed by atoms with Crippen molar-refractivity contribution < 1.29 is 13.2 Å². The molecule has 6 heteroatoms. The lowest BCUT2D eigenvalue weighted by Gasteiger charge is -2.14. The molecular weight excluding hydrogens is 262 g/mol. The fraction of sp³-hybridized carbons (Fsp3) is 0.364. The van der Waals surface area contributed by atoms with Gasteiger partial charge in [0.25, 0.3) is 0 Å². The Morgan fingerprint density at radius 2 is 1.94 bits per heavy atom. The maximum atomic E-state index is 11.0. The molecule has 0 heterocycles. The number of benzene rings is 1. The molecule has 0 aliphatic heterocycles. The van der Waals surface area contributed by atoms with E-state index in [1.54, 1.807) is 12.1 Å². The number of hydrogen-bond acceptors (Lipinski definition) is 3. The van der Waals surface area contributed by atoms with Crippen LogP contribution in [0.2, 0.25) is 5.02 Å². The number of ether oxygens (including phenoxy) is 1. The quantitative estimate of drug-likeness (QED) is 0.867. The Hall–Kier alpha value is -0.620. The van der Waals surface area contributed by atoms with E-state index in [0.29, 0.717) is 24.3 Å². The summed E-state index contributed by atoms with van der Waals surface area (Å²) in [4.78, 5) is 0. The zero-order valence-corrected chi connectivity index (χ0v) is 11.3. The summed E-state index contributed by atoms with van der Waals surface area (Å²) >= 11 is 5.75. The first-order valence-electron chi connectivity index (χ1n) is 5.11. The maximum absolute atomic E-state index is 11.0. The van der Waals surface area contributed by atoms with Crippen LogP contribution in [0.25, 0.3) is 0 Å². The Morgan fingerprint density at radius 3 is 2.41 bits per heavy atom. The molecule has 95 valence electrons. The van der Waals surface area contributed by atoms with E-state index in [1.165, 1.54) is 0 Å². The third kappa shape index (κ3) is 6.02. The van der Waals surface area contributed by atoms with Gasteiger partial charge in [-0.25, -0.2) is 8.42 Å². The number of rotatable bonds is 6. The molecule has 0 amide bonds. The largest absolute Gasteiger partial charge is 0.350 e. The summed E-state index contributed by atoms with van der Waals surface area (Å²) in [7, 11) is -3.28. The normalized spacial score (nSPS) is 12.0. The summed E-state index contributed by atoms with van der Waals surface area (Å²) < 4.78 is 29.8. The molecule has 4 nitrogen and oxygen atoms in total. The monoisotopic (exact) mass is 276 g/mol. The topological polar surface area (TPSA) is 55.4 Å². The molecule has 0 saturated carbocycles. The first kappa shape index (κ1) is 14.4. The number of sulfonamides is 1. The van der Waals surface area contributed by atoms with Crippen molar-refractivity contribution in [2.45, 2.75) is 20.0 Å². The van der Waals surface area contributed by atoms with E-state index in [2.05, 4.69) is 4.72 Å². The Balaban J connectivity index is 2.50. The van der Waals surface area contributed by atoms with Crippen molar-refractivity contribution in [2.24, 2.45) is 0 Å². The van der Waals surface area contributed by atoms with Crippen molar-refractivity contribution >= 4 is 21.6 Å². The van der Waals surface area contributed by atoms with Gasteiger partial charge in [-0.15, -0.1) is 0 Å². The second-order valence-corrected chi connectivity index (χ2v) is 5.75. The first-order chi connectivity index (χ1) is 7.90. The van der Waals surface area contributed by atoms with E-state index in [9.17, 15) is 8.42 Å². The summed E-state index contributed by atoms with van der Waals surface area (Å²) in [5.74, 6) is 0. The van der Waals surface area contributed by atoms with Crippen molar-refractivity contribution in [3.8, 4) is 0 Å². The van der Waals surface area contributed by atoms with Gasteiger partial charge in [0.1, 0.15) is 0 Å².